The normalized spacial score (nSPS) is 10.3. The van der Waals surface area contributed by atoms with Crippen molar-refractivity contribution in [3.63, 3.8) is 0 Å². The molecule has 0 saturated carbocycles. The molecule has 0 bridgehead atoms. The molecule has 1 aromatic carbocycles. The zero-order valence-electron chi connectivity index (χ0n) is 11.3. The highest BCUT2D eigenvalue weighted by Crippen LogP contribution is 2.31. The highest BCUT2D eigenvalue weighted by atomic mass is 16.5. The van der Waals surface area contributed by atoms with E-state index in [0.717, 1.165) is 23.4 Å². The van der Waals surface area contributed by atoms with Crippen molar-refractivity contribution >= 4 is 5.82 Å². The monoisotopic (exact) mass is 259 g/mol. The molecule has 0 spiro atoms. The summed E-state index contributed by atoms with van der Waals surface area (Å²) in [5.74, 6) is 2.41. The number of rotatable bonds is 4. The first kappa shape index (κ1) is 13.1. The summed E-state index contributed by atoms with van der Waals surface area (Å²) in [6.45, 7) is 2.02. The van der Waals surface area contributed by atoms with E-state index in [4.69, 9.17) is 15.2 Å². The Bertz CT molecular complexity index is 585. The van der Waals surface area contributed by atoms with Crippen LogP contribution in [0.3, 0.4) is 0 Å². The maximum Gasteiger partial charge on any atom is 0.165 e. The number of nitrogens with two attached hydrogens (primary N) is 1. The Morgan fingerprint density at radius 1 is 1.11 bits per heavy atom. The molecule has 2 aromatic rings. The smallest absolute Gasteiger partial charge is 0.165 e. The molecule has 0 aliphatic carbocycles. The topological polar surface area (TPSA) is 70.3 Å². The van der Waals surface area contributed by atoms with Crippen LogP contribution in [0.5, 0.6) is 11.5 Å². The van der Waals surface area contributed by atoms with Crippen LogP contribution < -0.4 is 15.2 Å². The Kier molecular flexibility index (Phi) is 3.85. The fraction of sp³-hybridized carbons (Fsp3) is 0.286. The van der Waals surface area contributed by atoms with Gasteiger partial charge in [0.2, 0.25) is 0 Å². The van der Waals surface area contributed by atoms with Gasteiger partial charge in [-0.3, -0.25) is 0 Å². The van der Waals surface area contributed by atoms with Crippen molar-refractivity contribution < 1.29 is 9.47 Å². The quantitative estimate of drug-likeness (QED) is 0.912. The van der Waals surface area contributed by atoms with Crippen LogP contribution in [0.25, 0.3) is 11.4 Å². The number of methoxy groups -OCH3 is 2. The van der Waals surface area contributed by atoms with Gasteiger partial charge in [0.15, 0.2) is 5.82 Å². The lowest BCUT2D eigenvalue weighted by Gasteiger charge is -2.10. The van der Waals surface area contributed by atoms with E-state index in [1.54, 1.807) is 20.3 Å². The van der Waals surface area contributed by atoms with Crippen LogP contribution in [0.1, 0.15) is 12.6 Å². The second-order valence-corrected chi connectivity index (χ2v) is 4.03. The second kappa shape index (κ2) is 5.56. The van der Waals surface area contributed by atoms with Crippen LogP contribution in [0.2, 0.25) is 0 Å². The van der Waals surface area contributed by atoms with Gasteiger partial charge < -0.3 is 15.2 Å². The Labute approximate surface area is 112 Å². The lowest BCUT2D eigenvalue weighted by atomic mass is 10.1. The summed E-state index contributed by atoms with van der Waals surface area (Å²) < 4.78 is 10.6. The van der Waals surface area contributed by atoms with Crippen molar-refractivity contribution in [3.8, 4) is 22.9 Å². The first-order valence-electron chi connectivity index (χ1n) is 6.03. The zero-order valence-corrected chi connectivity index (χ0v) is 11.3. The molecule has 0 aliphatic heterocycles. The molecule has 0 unspecified atom stereocenters. The van der Waals surface area contributed by atoms with E-state index in [9.17, 15) is 0 Å². The average molecular weight is 259 g/mol. The van der Waals surface area contributed by atoms with Gasteiger partial charge in [-0.1, -0.05) is 6.92 Å². The Morgan fingerprint density at radius 3 is 2.53 bits per heavy atom. The molecule has 0 saturated heterocycles. The minimum atomic E-state index is 0.451. The number of hydrogen-bond donors (Lipinski definition) is 1. The summed E-state index contributed by atoms with van der Waals surface area (Å²) in [7, 11) is 3.22. The maximum absolute atomic E-state index is 5.81. The number of aryl methyl sites for hydroxylation is 1. The number of hydrogen-bond acceptors (Lipinski definition) is 5. The third-order valence-electron chi connectivity index (χ3n) is 2.81. The summed E-state index contributed by atoms with van der Waals surface area (Å²) in [5.41, 5.74) is 7.47. The molecule has 1 heterocycles. The van der Waals surface area contributed by atoms with Crippen LogP contribution in [0.4, 0.5) is 5.82 Å². The minimum Gasteiger partial charge on any atom is -0.497 e. The van der Waals surface area contributed by atoms with Crippen LogP contribution >= 0.6 is 0 Å². The van der Waals surface area contributed by atoms with Crippen LogP contribution in [0, 0.1) is 0 Å². The Hall–Kier alpha value is -2.30. The number of aromatic nitrogens is 2. The van der Waals surface area contributed by atoms with Crippen molar-refractivity contribution in [2.24, 2.45) is 0 Å². The number of anilines is 1. The van der Waals surface area contributed by atoms with E-state index >= 15 is 0 Å². The Balaban J connectivity index is 2.59. The molecular weight excluding hydrogens is 242 g/mol. The summed E-state index contributed by atoms with van der Waals surface area (Å²) in [6.07, 6.45) is 0.798. The first-order valence-corrected chi connectivity index (χ1v) is 6.03. The predicted octanol–water partition coefficient (Wildman–Crippen LogP) is 2.31. The van der Waals surface area contributed by atoms with Gasteiger partial charge in [0.1, 0.15) is 17.3 Å². The molecule has 100 valence electrons. The van der Waals surface area contributed by atoms with Gasteiger partial charge in [-0.15, -0.1) is 0 Å². The van der Waals surface area contributed by atoms with Crippen LogP contribution in [0.15, 0.2) is 24.3 Å². The number of nitrogens with zero attached hydrogens (tertiary/aromatic N) is 2. The van der Waals surface area contributed by atoms with Crippen LogP contribution in [-0.4, -0.2) is 24.2 Å². The van der Waals surface area contributed by atoms with Crippen molar-refractivity contribution in [1.82, 2.24) is 9.97 Å². The molecule has 0 fully saturated rings. The van der Waals surface area contributed by atoms with Gasteiger partial charge in [0.25, 0.3) is 0 Å². The molecule has 0 aliphatic rings. The molecule has 0 radical (unpaired) electrons. The maximum atomic E-state index is 5.81. The van der Waals surface area contributed by atoms with E-state index < -0.39 is 0 Å². The Morgan fingerprint density at radius 2 is 1.89 bits per heavy atom. The molecule has 2 N–H and O–H groups in total. The number of ether oxygens (including phenoxy) is 2. The van der Waals surface area contributed by atoms with E-state index in [-0.39, 0.29) is 0 Å². The van der Waals surface area contributed by atoms with E-state index in [1.807, 2.05) is 25.1 Å². The fourth-order valence-electron chi connectivity index (χ4n) is 1.81. The van der Waals surface area contributed by atoms with Gasteiger partial charge in [-0.2, -0.15) is 0 Å². The fourth-order valence-corrected chi connectivity index (χ4v) is 1.81. The molecule has 5 heteroatoms. The van der Waals surface area contributed by atoms with Crippen molar-refractivity contribution in [3.05, 3.63) is 30.0 Å². The summed E-state index contributed by atoms with van der Waals surface area (Å²) >= 11 is 0. The summed E-state index contributed by atoms with van der Waals surface area (Å²) in [5, 5.41) is 0. The van der Waals surface area contributed by atoms with Gasteiger partial charge in [0.05, 0.1) is 19.8 Å². The SMILES string of the molecule is CCc1cc(N)nc(-c2cc(OC)ccc2OC)n1. The van der Waals surface area contributed by atoms with Crippen LogP contribution in [-0.2, 0) is 6.42 Å². The molecule has 1 aromatic heterocycles. The zero-order chi connectivity index (χ0) is 13.8. The molecule has 2 rings (SSSR count). The summed E-state index contributed by atoms with van der Waals surface area (Å²) in [6, 6.07) is 7.27. The molecule has 0 amide bonds. The highest BCUT2D eigenvalue weighted by Gasteiger charge is 2.12. The largest absolute Gasteiger partial charge is 0.497 e. The lowest BCUT2D eigenvalue weighted by molar-refractivity contribution is 0.404. The third kappa shape index (κ3) is 2.76. The first-order chi connectivity index (χ1) is 9.17. The molecule has 5 nitrogen and oxygen atoms in total. The van der Waals surface area contributed by atoms with E-state index in [0.29, 0.717) is 17.4 Å². The minimum absolute atomic E-state index is 0.451. The van der Waals surface area contributed by atoms with E-state index in [1.165, 1.54) is 0 Å². The number of benzene rings is 1. The summed E-state index contributed by atoms with van der Waals surface area (Å²) in [4.78, 5) is 8.75. The molecule has 0 atom stereocenters. The number of nitrogen functional groups attached to an aromatic ring is 1. The molecular formula is C14H17N3O2. The lowest BCUT2D eigenvalue weighted by Crippen LogP contribution is -2.01. The van der Waals surface area contributed by atoms with Crippen molar-refractivity contribution in [1.29, 1.82) is 0 Å². The molecule has 19 heavy (non-hydrogen) atoms. The highest BCUT2D eigenvalue weighted by molar-refractivity contribution is 5.67. The van der Waals surface area contributed by atoms with Gasteiger partial charge in [-0.05, 0) is 24.6 Å². The van der Waals surface area contributed by atoms with E-state index in [2.05, 4.69) is 9.97 Å². The van der Waals surface area contributed by atoms with Gasteiger partial charge in [0, 0.05) is 11.8 Å². The predicted molar refractivity (Wildman–Crippen MR) is 74.4 cm³/mol. The van der Waals surface area contributed by atoms with Gasteiger partial charge >= 0.3 is 0 Å². The standard InChI is InChI=1S/C14H17N3O2/c1-4-9-7-13(15)17-14(16-9)11-8-10(18-2)5-6-12(11)19-3/h5-8H,4H2,1-3H3,(H2,15,16,17). The second-order valence-electron chi connectivity index (χ2n) is 4.03. The van der Waals surface area contributed by atoms with Gasteiger partial charge in [-0.25, -0.2) is 9.97 Å². The van der Waals surface area contributed by atoms with Crippen molar-refractivity contribution in [2.45, 2.75) is 13.3 Å². The average Bonchev–Trinajstić information content (AvgIpc) is 2.45. The third-order valence-corrected chi connectivity index (χ3v) is 2.81. The van der Waals surface area contributed by atoms with Crippen molar-refractivity contribution in [2.75, 3.05) is 20.0 Å².